The summed E-state index contributed by atoms with van der Waals surface area (Å²) in [6, 6.07) is 59.8. The molecule has 0 fully saturated rings. The summed E-state index contributed by atoms with van der Waals surface area (Å²) < 4.78 is 52.8. The molecular formula is C49H58. The minimum Gasteiger partial charge on any atom is -0.0622 e. The molecule has 254 valence electrons. The molecule has 0 bridgehead atoms. The quantitative estimate of drug-likeness (QED) is 0.178. The zero-order valence-electron chi connectivity index (χ0n) is 37.3. The van der Waals surface area contributed by atoms with Gasteiger partial charge in [-0.15, -0.1) is 0 Å². The summed E-state index contributed by atoms with van der Waals surface area (Å²) in [5.41, 5.74) is 5.02. The van der Waals surface area contributed by atoms with Crippen LogP contribution in [-0.4, -0.2) is 0 Å². The maximum Gasteiger partial charge on any atom is 0.0399 e. The Hall–Kier alpha value is -4.68. The van der Waals surface area contributed by atoms with Crippen molar-refractivity contribution in [2.24, 2.45) is 0 Å². The second-order valence-corrected chi connectivity index (χ2v) is 13.7. The molecule has 0 aliphatic heterocycles. The summed E-state index contributed by atoms with van der Waals surface area (Å²) >= 11 is 0. The third-order valence-corrected chi connectivity index (χ3v) is 8.40. The van der Waals surface area contributed by atoms with E-state index < -0.39 is 30.4 Å². The highest BCUT2D eigenvalue weighted by Gasteiger charge is 2.22. The first-order valence-electron chi connectivity index (χ1n) is 20.5. The summed E-state index contributed by atoms with van der Waals surface area (Å²) in [6.07, 6.45) is 0. The van der Waals surface area contributed by atoms with Gasteiger partial charge in [0.05, 0.1) is 0 Å². The van der Waals surface area contributed by atoms with Crippen LogP contribution < -0.4 is 0 Å². The van der Waals surface area contributed by atoms with Crippen LogP contribution in [0.3, 0.4) is 0 Å². The molecule has 0 saturated carbocycles. The van der Waals surface area contributed by atoms with E-state index in [2.05, 4.69) is 74.5 Å². The molecule has 0 aromatic heterocycles. The molecule has 6 aromatic rings. The van der Waals surface area contributed by atoms with E-state index in [-0.39, 0.29) is 5.41 Å². The first-order chi connectivity index (χ1) is 26.1. The maximum atomic E-state index is 8.41. The SMILES string of the molecule is CC(C)(c1ccccc1)c1ccccc1.[2H]C(C)(c1ccccc1)c1ccccc1.[2H]C([2H])([2H])C(C)(C)c1ccccc1.[2H]C([2H])([2H])C(C)(C)c1ccccc1. The van der Waals surface area contributed by atoms with E-state index in [0.717, 1.165) is 22.3 Å². The molecule has 0 spiro atoms. The highest BCUT2D eigenvalue weighted by atomic mass is 14.3. The lowest BCUT2D eigenvalue weighted by Gasteiger charge is -2.25. The Morgan fingerprint density at radius 3 is 0.837 bits per heavy atom. The Balaban J connectivity index is 0.000000201. The van der Waals surface area contributed by atoms with E-state index in [1.807, 2.05) is 128 Å². The molecule has 0 amide bonds. The molecule has 0 unspecified atom stereocenters. The molecule has 0 saturated heterocycles. The molecular weight excluding hydrogens is 589 g/mol. The molecule has 0 radical (unpaired) electrons. The third-order valence-electron chi connectivity index (χ3n) is 8.40. The molecule has 6 rings (SSSR count). The van der Waals surface area contributed by atoms with Crippen molar-refractivity contribution in [2.75, 3.05) is 0 Å². The summed E-state index contributed by atoms with van der Waals surface area (Å²) in [7, 11) is 0. The van der Waals surface area contributed by atoms with Crippen molar-refractivity contribution < 1.29 is 9.60 Å². The lowest BCUT2D eigenvalue weighted by Crippen LogP contribution is -2.18. The summed E-state index contributed by atoms with van der Waals surface area (Å²) in [4.78, 5) is 0. The largest absolute Gasteiger partial charge is 0.0622 e. The third kappa shape index (κ3) is 13.0. The Morgan fingerprint density at radius 1 is 0.367 bits per heavy atom. The van der Waals surface area contributed by atoms with Crippen LogP contribution in [0.2, 0.25) is 0 Å². The monoisotopic (exact) mass is 653 g/mol. The fraction of sp³-hybridized carbons (Fsp3) is 0.265. The fourth-order valence-corrected chi connectivity index (χ4v) is 5.13. The summed E-state index contributed by atoms with van der Waals surface area (Å²) in [5.74, 6) is -0.664. The normalized spacial score (nSPS) is 14.0. The molecule has 49 heavy (non-hydrogen) atoms. The Morgan fingerprint density at radius 2 is 0.592 bits per heavy atom. The molecule has 0 aliphatic carbocycles. The van der Waals surface area contributed by atoms with Gasteiger partial charge in [0, 0.05) is 20.9 Å². The summed E-state index contributed by atoms with van der Waals surface area (Å²) in [5, 5.41) is 0. The molecule has 0 heteroatoms. The van der Waals surface area contributed by atoms with Crippen molar-refractivity contribution in [3.63, 3.8) is 0 Å². The number of rotatable bonds is 4. The molecule has 0 N–H and O–H groups in total. The predicted octanol–water partition coefficient (Wildman–Crippen LogP) is 13.8. The minimum absolute atomic E-state index is 0.0858. The van der Waals surface area contributed by atoms with Gasteiger partial charge in [0.2, 0.25) is 0 Å². The number of hydrogen-bond donors (Lipinski definition) is 0. The van der Waals surface area contributed by atoms with Crippen LogP contribution in [0.25, 0.3) is 0 Å². The van der Waals surface area contributed by atoms with Gasteiger partial charge in [-0.2, -0.15) is 0 Å². The number of benzene rings is 6. The predicted molar refractivity (Wildman–Crippen MR) is 216 cm³/mol. The van der Waals surface area contributed by atoms with Crippen LogP contribution in [0.1, 0.15) is 111 Å². The molecule has 0 heterocycles. The molecule has 0 nitrogen and oxygen atoms in total. The van der Waals surface area contributed by atoms with E-state index in [1.165, 1.54) is 11.1 Å². The van der Waals surface area contributed by atoms with Crippen molar-refractivity contribution in [1.82, 2.24) is 0 Å². The van der Waals surface area contributed by atoms with E-state index >= 15 is 0 Å². The first-order valence-corrected chi connectivity index (χ1v) is 17.0. The highest BCUT2D eigenvalue weighted by Crippen LogP contribution is 2.30. The van der Waals surface area contributed by atoms with E-state index in [0.29, 0.717) is 0 Å². The minimum atomic E-state index is -1.95. The van der Waals surface area contributed by atoms with Gasteiger partial charge in [0.1, 0.15) is 0 Å². The van der Waals surface area contributed by atoms with Crippen LogP contribution in [0, 0.1) is 0 Å². The van der Waals surface area contributed by atoms with Crippen LogP contribution in [-0.2, 0) is 16.2 Å². The van der Waals surface area contributed by atoms with Gasteiger partial charge in [-0.1, -0.05) is 244 Å². The number of hydrogen-bond acceptors (Lipinski definition) is 0. The van der Waals surface area contributed by atoms with E-state index in [1.54, 1.807) is 27.7 Å². The Labute approximate surface area is 308 Å². The molecule has 6 aromatic carbocycles. The lowest BCUT2D eigenvalue weighted by atomic mass is 9.78. The smallest absolute Gasteiger partial charge is 0.0399 e. The van der Waals surface area contributed by atoms with E-state index in [4.69, 9.17) is 9.60 Å². The van der Waals surface area contributed by atoms with Gasteiger partial charge in [-0.05, 0) is 44.2 Å². The van der Waals surface area contributed by atoms with Gasteiger partial charge in [0.15, 0.2) is 0 Å². The maximum absolute atomic E-state index is 8.41. The standard InChI is InChI=1S/C15H16.C14H14.2C10H14/c1-15(2,13-9-5-3-6-10-13)14-11-7-4-8-12-14;1-12(13-8-4-2-5-9-13)14-10-6-3-7-11-14;2*1-10(2,3)9-7-5-4-6-8-9/h3-12H,1-2H3;2-12H,1H3;2*4-8H,1-3H3/i;12D;2*1D3. The van der Waals surface area contributed by atoms with Crippen LogP contribution >= 0.6 is 0 Å². The zero-order valence-corrected chi connectivity index (χ0v) is 30.3. The topological polar surface area (TPSA) is 0 Å². The van der Waals surface area contributed by atoms with E-state index in [9.17, 15) is 0 Å². The zero-order chi connectivity index (χ0) is 41.7. The average Bonchev–Trinajstić information content (AvgIpc) is 3.20. The van der Waals surface area contributed by atoms with Gasteiger partial charge < -0.3 is 0 Å². The van der Waals surface area contributed by atoms with Crippen molar-refractivity contribution in [3.8, 4) is 0 Å². The summed E-state index contributed by atoms with van der Waals surface area (Å²) in [6.45, 7) is 9.53. The van der Waals surface area contributed by atoms with Crippen LogP contribution in [0.4, 0.5) is 0 Å². The van der Waals surface area contributed by atoms with Gasteiger partial charge in [-0.25, -0.2) is 0 Å². The Bertz CT molecular complexity index is 1730. The molecule has 0 atom stereocenters. The fourth-order valence-electron chi connectivity index (χ4n) is 5.13. The second-order valence-electron chi connectivity index (χ2n) is 13.7. The highest BCUT2D eigenvalue weighted by molar-refractivity contribution is 5.37. The van der Waals surface area contributed by atoms with Gasteiger partial charge in [-0.3, -0.25) is 0 Å². The second kappa shape index (κ2) is 18.8. The van der Waals surface area contributed by atoms with Crippen molar-refractivity contribution in [3.05, 3.63) is 215 Å². The Kier molecular flexibility index (Phi) is 11.2. The van der Waals surface area contributed by atoms with Crippen LogP contribution in [0.15, 0.2) is 182 Å². The van der Waals surface area contributed by atoms with Crippen molar-refractivity contribution in [1.29, 1.82) is 0 Å². The first kappa shape index (κ1) is 29.3. The van der Waals surface area contributed by atoms with Gasteiger partial charge in [0.25, 0.3) is 0 Å². The van der Waals surface area contributed by atoms with Gasteiger partial charge >= 0.3 is 0 Å². The molecule has 0 aliphatic rings. The van der Waals surface area contributed by atoms with Crippen LogP contribution in [0.5, 0.6) is 0 Å². The van der Waals surface area contributed by atoms with Crippen molar-refractivity contribution in [2.45, 2.75) is 84.3 Å². The average molecular weight is 654 g/mol. The lowest BCUT2D eigenvalue weighted by molar-refractivity contribution is 0.590. The van der Waals surface area contributed by atoms with Crippen molar-refractivity contribution >= 4 is 0 Å².